The number of methoxy groups -OCH3 is 1. The van der Waals surface area contributed by atoms with Gasteiger partial charge in [0.15, 0.2) is 0 Å². The number of anilines is 1. The van der Waals surface area contributed by atoms with E-state index in [9.17, 15) is 4.79 Å². The van der Waals surface area contributed by atoms with E-state index in [2.05, 4.69) is 26.1 Å². The monoisotopic (exact) mass is 333 g/mol. The summed E-state index contributed by atoms with van der Waals surface area (Å²) >= 11 is 0. The van der Waals surface area contributed by atoms with Gasteiger partial charge in [-0.15, -0.1) is 0 Å². The predicted octanol–water partition coefficient (Wildman–Crippen LogP) is 4.71. The number of benzene rings is 1. The molecule has 4 nitrogen and oxygen atoms in total. The van der Waals surface area contributed by atoms with Crippen molar-refractivity contribution in [1.82, 2.24) is 0 Å². The van der Waals surface area contributed by atoms with Gasteiger partial charge in [-0.25, -0.2) is 0 Å². The summed E-state index contributed by atoms with van der Waals surface area (Å²) < 4.78 is 11.6. The Morgan fingerprint density at radius 3 is 2.79 bits per heavy atom. The van der Waals surface area contributed by atoms with Crippen LogP contribution >= 0.6 is 0 Å². The largest absolute Gasteiger partial charge is 0.490 e. The smallest absolute Gasteiger partial charge is 0.256 e. The lowest BCUT2D eigenvalue weighted by molar-refractivity contribution is -0.143. The number of ether oxygens (including phenoxy) is 2. The lowest BCUT2D eigenvalue weighted by Gasteiger charge is -2.37. The normalized spacial score (nSPS) is 25.1. The summed E-state index contributed by atoms with van der Waals surface area (Å²) in [6, 6.07) is 5.80. The first-order chi connectivity index (χ1) is 11.4. The zero-order valence-corrected chi connectivity index (χ0v) is 15.6. The second-order valence-electron chi connectivity index (χ2n) is 7.17. The van der Waals surface area contributed by atoms with Crippen molar-refractivity contribution < 1.29 is 14.3 Å². The maximum Gasteiger partial charge on any atom is 0.256 e. The summed E-state index contributed by atoms with van der Waals surface area (Å²) in [4.78, 5) is 12.8. The molecule has 1 saturated carbocycles. The number of rotatable bonds is 6. The summed E-state index contributed by atoms with van der Waals surface area (Å²) in [5, 5.41) is 3.04. The van der Waals surface area contributed by atoms with Crippen LogP contribution in [0.25, 0.3) is 0 Å². The molecule has 3 atom stereocenters. The van der Waals surface area contributed by atoms with Crippen molar-refractivity contribution in [3.63, 3.8) is 0 Å². The van der Waals surface area contributed by atoms with Gasteiger partial charge in [-0.2, -0.15) is 0 Å². The van der Waals surface area contributed by atoms with E-state index in [1.807, 2.05) is 25.1 Å². The number of hydrogen-bond donors (Lipinski definition) is 1. The molecule has 1 aromatic rings. The molecule has 1 aliphatic carbocycles. The molecule has 1 amide bonds. The SMILES string of the molecule is CC[C@H](C)Oc1ccc(NC(=O)[C@@]2(OC)CCC[C@H](C)C2)cc1C. The number of hydrogen-bond acceptors (Lipinski definition) is 3. The highest BCUT2D eigenvalue weighted by Gasteiger charge is 2.42. The molecular formula is C20H31NO3. The Bertz CT molecular complexity index is 572. The molecule has 1 N–H and O–H groups in total. The first-order valence-corrected chi connectivity index (χ1v) is 9.04. The average Bonchev–Trinajstić information content (AvgIpc) is 2.56. The molecule has 4 heteroatoms. The van der Waals surface area contributed by atoms with Gasteiger partial charge in [-0.05, 0) is 69.2 Å². The Kier molecular flexibility index (Phi) is 6.27. The van der Waals surface area contributed by atoms with Gasteiger partial charge in [-0.3, -0.25) is 4.79 Å². The quantitative estimate of drug-likeness (QED) is 0.820. The zero-order valence-electron chi connectivity index (χ0n) is 15.6. The predicted molar refractivity (Wildman–Crippen MR) is 97.6 cm³/mol. The molecule has 0 aromatic heterocycles. The highest BCUT2D eigenvalue weighted by molar-refractivity contribution is 5.97. The van der Waals surface area contributed by atoms with E-state index in [1.165, 1.54) is 6.42 Å². The minimum atomic E-state index is -0.697. The maximum atomic E-state index is 12.8. The molecule has 0 radical (unpaired) electrons. The van der Waals surface area contributed by atoms with E-state index in [0.717, 1.165) is 42.7 Å². The van der Waals surface area contributed by atoms with E-state index < -0.39 is 5.60 Å². The third-order valence-electron chi connectivity index (χ3n) is 5.10. The Morgan fingerprint density at radius 1 is 1.46 bits per heavy atom. The standard InChI is InChI=1S/C20H31NO3/c1-6-16(4)24-18-10-9-17(12-15(18)3)21-19(22)20(23-5)11-7-8-14(2)13-20/h9-10,12,14,16H,6-8,11,13H2,1-5H3,(H,21,22)/t14-,16-,20+/m0/s1. The molecule has 0 bridgehead atoms. The lowest BCUT2D eigenvalue weighted by atomic mass is 9.78. The van der Waals surface area contributed by atoms with Gasteiger partial charge in [0.1, 0.15) is 11.4 Å². The van der Waals surface area contributed by atoms with Crippen LogP contribution in [0.5, 0.6) is 5.75 Å². The first-order valence-electron chi connectivity index (χ1n) is 9.04. The highest BCUT2D eigenvalue weighted by atomic mass is 16.5. The van der Waals surface area contributed by atoms with E-state index in [4.69, 9.17) is 9.47 Å². The summed E-state index contributed by atoms with van der Waals surface area (Å²) in [6.07, 6.45) is 4.91. The van der Waals surface area contributed by atoms with Crippen molar-refractivity contribution >= 4 is 11.6 Å². The van der Waals surface area contributed by atoms with Gasteiger partial charge < -0.3 is 14.8 Å². The molecular weight excluding hydrogens is 302 g/mol. The Balaban J connectivity index is 2.09. The second-order valence-corrected chi connectivity index (χ2v) is 7.17. The van der Waals surface area contributed by atoms with Gasteiger partial charge in [0.25, 0.3) is 5.91 Å². The van der Waals surface area contributed by atoms with Crippen molar-refractivity contribution in [1.29, 1.82) is 0 Å². The van der Waals surface area contributed by atoms with E-state index in [0.29, 0.717) is 5.92 Å². The number of carbonyl (C=O) groups excluding carboxylic acids is 1. The van der Waals surface area contributed by atoms with Gasteiger partial charge in [0, 0.05) is 12.8 Å². The fraction of sp³-hybridized carbons (Fsp3) is 0.650. The molecule has 1 aliphatic rings. The topological polar surface area (TPSA) is 47.6 Å². The van der Waals surface area contributed by atoms with E-state index in [1.54, 1.807) is 7.11 Å². The fourth-order valence-electron chi connectivity index (χ4n) is 3.39. The van der Waals surface area contributed by atoms with Crippen LogP contribution in [0, 0.1) is 12.8 Å². The summed E-state index contributed by atoms with van der Waals surface area (Å²) in [6.45, 7) is 8.35. The van der Waals surface area contributed by atoms with Crippen molar-refractivity contribution in [3.8, 4) is 5.75 Å². The third kappa shape index (κ3) is 4.29. The van der Waals surface area contributed by atoms with E-state index >= 15 is 0 Å². The molecule has 1 fully saturated rings. The van der Waals surface area contributed by atoms with Crippen molar-refractivity contribution in [2.24, 2.45) is 5.92 Å². The van der Waals surface area contributed by atoms with Crippen molar-refractivity contribution in [3.05, 3.63) is 23.8 Å². The van der Waals surface area contributed by atoms with E-state index in [-0.39, 0.29) is 12.0 Å². The lowest BCUT2D eigenvalue weighted by Crippen LogP contribution is -2.47. The van der Waals surface area contributed by atoms with Gasteiger partial charge in [0.2, 0.25) is 0 Å². The van der Waals surface area contributed by atoms with Crippen LogP contribution in [0.15, 0.2) is 18.2 Å². The fourth-order valence-corrected chi connectivity index (χ4v) is 3.39. The molecule has 0 spiro atoms. The van der Waals surface area contributed by atoms with Gasteiger partial charge in [-0.1, -0.05) is 20.3 Å². The minimum Gasteiger partial charge on any atom is -0.490 e. The van der Waals surface area contributed by atoms with Crippen LogP contribution in [0.2, 0.25) is 0 Å². The number of amides is 1. The molecule has 2 rings (SSSR count). The van der Waals surface area contributed by atoms with Crippen molar-refractivity contribution in [2.75, 3.05) is 12.4 Å². The van der Waals surface area contributed by atoms with Crippen LogP contribution in [0.1, 0.15) is 58.4 Å². The zero-order chi connectivity index (χ0) is 17.7. The van der Waals surface area contributed by atoms with Crippen LogP contribution in [0.4, 0.5) is 5.69 Å². The molecule has 1 aromatic carbocycles. The minimum absolute atomic E-state index is 0.0356. The first kappa shape index (κ1) is 18.8. The Labute approximate surface area is 145 Å². The van der Waals surface area contributed by atoms with Crippen LogP contribution in [-0.4, -0.2) is 24.7 Å². The Hall–Kier alpha value is -1.55. The van der Waals surface area contributed by atoms with Crippen LogP contribution in [0.3, 0.4) is 0 Å². The number of nitrogens with one attached hydrogen (secondary N) is 1. The third-order valence-corrected chi connectivity index (χ3v) is 5.10. The molecule has 0 heterocycles. The van der Waals surface area contributed by atoms with Crippen LogP contribution in [-0.2, 0) is 9.53 Å². The van der Waals surface area contributed by atoms with Crippen LogP contribution < -0.4 is 10.1 Å². The molecule has 0 aliphatic heterocycles. The molecule has 24 heavy (non-hydrogen) atoms. The van der Waals surface area contributed by atoms with Crippen molar-refractivity contribution in [2.45, 2.75) is 71.5 Å². The summed E-state index contributed by atoms with van der Waals surface area (Å²) in [7, 11) is 1.64. The average molecular weight is 333 g/mol. The maximum absolute atomic E-state index is 12.8. The van der Waals surface area contributed by atoms with Gasteiger partial charge >= 0.3 is 0 Å². The highest BCUT2D eigenvalue weighted by Crippen LogP contribution is 2.36. The number of carbonyl (C=O) groups is 1. The molecule has 0 unspecified atom stereocenters. The second kappa shape index (κ2) is 8.02. The summed E-state index contributed by atoms with van der Waals surface area (Å²) in [5.74, 6) is 1.35. The summed E-state index contributed by atoms with van der Waals surface area (Å²) in [5.41, 5.74) is 1.12. The Morgan fingerprint density at radius 2 is 2.21 bits per heavy atom. The molecule has 0 saturated heterocycles. The van der Waals surface area contributed by atoms with Gasteiger partial charge in [0.05, 0.1) is 6.10 Å². The molecule has 134 valence electrons. The number of aryl methyl sites for hydroxylation is 1.